The molecule has 1 saturated heterocycles. The molecule has 5 nitrogen and oxygen atoms in total. The highest BCUT2D eigenvalue weighted by Crippen LogP contribution is 2.27. The fraction of sp³-hybridized carbons (Fsp3) is 0.647. The zero-order chi connectivity index (χ0) is 16.3. The van der Waals surface area contributed by atoms with Crippen LogP contribution >= 0.6 is 0 Å². The minimum absolute atomic E-state index is 0.0568. The maximum atomic E-state index is 12.1. The molecule has 2 fully saturated rings. The number of hydrogen-bond acceptors (Lipinski definition) is 4. The van der Waals surface area contributed by atoms with E-state index < -0.39 is 10.0 Å². The van der Waals surface area contributed by atoms with E-state index in [9.17, 15) is 13.5 Å². The number of sulfonamides is 1. The zero-order valence-electron chi connectivity index (χ0n) is 13.4. The van der Waals surface area contributed by atoms with Gasteiger partial charge in [-0.3, -0.25) is 4.90 Å². The summed E-state index contributed by atoms with van der Waals surface area (Å²) in [6.45, 7) is 1.73. The van der Waals surface area contributed by atoms with Crippen LogP contribution in [0.5, 0.6) is 0 Å². The fourth-order valence-electron chi connectivity index (χ4n) is 3.43. The van der Waals surface area contributed by atoms with Crippen LogP contribution in [0.3, 0.4) is 0 Å². The van der Waals surface area contributed by atoms with Crippen molar-refractivity contribution in [3.8, 4) is 0 Å². The molecule has 2 unspecified atom stereocenters. The molecule has 0 spiro atoms. The number of nitrogens with one attached hydrogen (secondary N) is 1. The van der Waals surface area contributed by atoms with Gasteiger partial charge in [0.25, 0.3) is 0 Å². The lowest BCUT2D eigenvalue weighted by molar-refractivity contribution is 0.172. The van der Waals surface area contributed by atoms with E-state index in [1.54, 1.807) is 0 Å². The Kier molecular flexibility index (Phi) is 5.36. The Labute approximate surface area is 138 Å². The maximum Gasteiger partial charge on any atom is 0.211 e. The molecule has 3 rings (SSSR count). The van der Waals surface area contributed by atoms with Crippen molar-refractivity contribution in [3.63, 3.8) is 0 Å². The second-order valence-corrected chi connectivity index (χ2v) is 8.74. The SMILES string of the molecule is O=S(=O)(CC1CCC1)NCC1CC(O)CN1Cc1ccccc1. The van der Waals surface area contributed by atoms with Crippen LogP contribution < -0.4 is 4.72 Å². The van der Waals surface area contributed by atoms with Crippen molar-refractivity contribution in [1.29, 1.82) is 0 Å². The number of nitrogens with zero attached hydrogens (tertiary/aromatic N) is 1. The number of β-amino-alcohol motifs (C(OH)–C–C–N with tert-alkyl or cyclic N) is 1. The minimum atomic E-state index is -3.20. The van der Waals surface area contributed by atoms with E-state index in [0.29, 0.717) is 25.4 Å². The highest BCUT2D eigenvalue weighted by molar-refractivity contribution is 7.89. The fourth-order valence-corrected chi connectivity index (χ4v) is 4.95. The molecule has 1 aromatic rings. The maximum absolute atomic E-state index is 12.1. The van der Waals surface area contributed by atoms with Crippen LogP contribution in [0.15, 0.2) is 30.3 Å². The molecule has 1 heterocycles. The second-order valence-electron chi connectivity index (χ2n) is 6.89. The third-order valence-electron chi connectivity index (χ3n) is 4.95. The predicted octanol–water partition coefficient (Wildman–Crippen LogP) is 1.34. The van der Waals surface area contributed by atoms with Crippen LogP contribution in [0.2, 0.25) is 0 Å². The van der Waals surface area contributed by atoms with Crippen molar-refractivity contribution in [2.24, 2.45) is 5.92 Å². The molecule has 1 aliphatic heterocycles. The van der Waals surface area contributed by atoms with Gasteiger partial charge in [-0.1, -0.05) is 36.8 Å². The quantitative estimate of drug-likeness (QED) is 0.787. The first-order valence-electron chi connectivity index (χ1n) is 8.45. The summed E-state index contributed by atoms with van der Waals surface area (Å²) in [5.74, 6) is 0.586. The average Bonchev–Trinajstić information content (AvgIpc) is 2.82. The van der Waals surface area contributed by atoms with Crippen LogP contribution in [-0.4, -0.2) is 49.4 Å². The molecular formula is C17H26N2O3S. The highest BCUT2D eigenvalue weighted by Gasteiger charge is 2.32. The summed E-state index contributed by atoms with van der Waals surface area (Å²) in [4.78, 5) is 2.17. The Hall–Kier alpha value is -0.950. The molecule has 2 aliphatic rings. The summed E-state index contributed by atoms with van der Waals surface area (Å²) >= 11 is 0. The predicted molar refractivity (Wildman–Crippen MR) is 90.4 cm³/mol. The minimum Gasteiger partial charge on any atom is -0.392 e. The van der Waals surface area contributed by atoms with Gasteiger partial charge < -0.3 is 5.11 Å². The number of aliphatic hydroxyl groups excluding tert-OH is 1. The molecule has 6 heteroatoms. The number of aliphatic hydroxyl groups is 1. The smallest absolute Gasteiger partial charge is 0.211 e. The zero-order valence-corrected chi connectivity index (χ0v) is 14.2. The van der Waals surface area contributed by atoms with Gasteiger partial charge in [0.05, 0.1) is 11.9 Å². The van der Waals surface area contributed by atoms with Gasteiger partial charge in [0, 0.05) is 25.7 Å². The van der Waals surface area contributed by atoms with Gasteiger partial charge >= 0.3 is 0 Å². The molecule has 2 N–H and O–H groups in total. The van der Waals surface area contributed by atoms with E-state index in [4.69, 9.17) is 0 Å². The van der Waals surface area contributed by atoms with Gasteiger partial charge in [-0.15, -0.1) is 0 Å². The van der Waals surface area contributed by atoms with Crippen LogP contribution in [0, 0.1) is 5.92 Å². The summed E-state index contributed by atoms with van der Waals surface area (Å²) in [6.07, 6.45) is 3.46. The number of rotatable bonds is 7. The molecular weight excluding hydrogens is 312 g/mol. The Morgan fingerprint density at radius 1 is 1.22 bits per heavy atom. The third-order valence-corrected chi connectivity index (χ3v) is 6.47. The lowest BCUT2D eigenvalue weighted by Gasteiger charge is -2.27. The summed E-state index contributed by atoms with van der Waals surface area (Å²) in [5, 5.41) is 9.95. The third kappa shape index (κ3) is 4.76. The Morgan fingerprint density at radius 2 is 1.96 bits per heavy atom. The molecule has 0 aromatic heterocycles. The van der Waals surface area contributed by atoms with Crippen molar-refractivity contribution >= 4 is 10.0 Å². The normalized spacial score (nSPS) is 26.3. The van der Waals surface area contributed by atoms with Crippen molar-refractivity contribution in [2.45, 2.75) is 44.4 Å². The van der Waals surface area contributed by atoms with Gasteiger partial charge in [0.2, 0.25) is 10.0 Å². The topological polar surface area (TPSA) is 69.6 Å². The van der Waals surface area contributed by atoms with E-state index in [1.807, 2.05) is 18.2 Å². The van der Waals surface area contributed by atoms with E-state index in [-0.39, 0.29) is 17.9 Å². The van der Waals surface area contributed by atoms with Gasteiger partial charge in [-0.2, -0.15) is 0 Å². The number of benzene rings is 1. The van der Waals surface area contributed by atoms with E-state index in [1.165, 1.54) is 5.56 Å². The van der Waals surface area contributed by atoms with E-state index in [2.05, 4.69) is 21.8 Å². The lowest BCUT2D eigenvalue weighted by atomic mass is 9.87. The molecule has 0 bridgehead atoms. The highest BCUT2D eigenvalue weighted by atomic mass is 32.2. The van der Waals surface area contributed by atoms with Gasteiger partial charge in [0.15, 0.2) is 0 Å². The standard InChI is InChI=1S/C17H26N2O3S/c20-17-9-16(10-18-23(21,22)13-15-7-4-8-15)19(12-17)11-14-5-2-1-3-6-14/h1-3,5-6,15-18,20H,4,7-13H2. The van der Waals surface area contributed by atoms with Gasteiger partial charge in [0.1, 0.15) is 0 Å². The number of hydrogen-bond donors (Lipinski definition) is 2. The molecule has 0 amide bonds. The molecule has 23 heavy (non-hydrogen) atoms. The first kappa shape index (κ1) is 16.9. The summed E-state index contributed by atoms with van der Waals surface area (Å²) in [6, 6.07) is 10.1. The number of likely N-dealkylation sites (tertiary alicyclic amines) is 1. The van der Waals surface area contributed by atoms with Gasteiger partial charge in [-0.25, -0.2) is 13.1 Å². The summed E-state index contributed by atoms with van der Waals surface area (Å²) in [7, 11) is -3.20. The van der Waals surface area contributed by atoms with Crippen LogP contribution in [0.25, 0.3) is 0 Å². The molecule has 128 valence electrons. The van der Waals surface area contributed by atoms with Crippen molar-refractivity contribution in [3.05, 3.63) is 35.9 Å². The first-order valence-corrected chi connectivity index (χ1v) is 10.1. The largest absolute Gasteiger partial charge is 0.392 e. The Morgan fingerprint density at radius 3 is 2.61 bits per heavy atom. The molecule has 1 aromatic carbocycles. The monoisotopic (exact) mass is 338 g/mol. The van der Waals surface area contributed by atoms with E-state index >= 15 is 0 Å². The Balaban J connectivity index is 1.54. The summed E-state index contributed by atoms with van der Waals surface area (Å²) in [5.41, 5.74) is 1.18. The first-order chi connectivity index (χ1) is 11.0. The van der Waals surface area contributed by atoms with Gasteiger partial charge in [-0.05, 0) is 30.7 Å². The molecule has 1 saturated carbocycles. The molecule has 2 atom stereocenters. The second kappa shape index (κ2) is 7.30. The average molecular weight is 338 g/mol. The van der Waals surface area contributed by atoms with Crippen LogP contribution in [0.1, 0.15) is 31.2 Å². The van der Waals surface area contributed by atoms with Crippen molar-refractivity contribution < 1.29 is 13.5 Å². The van der Waals surface area contributed by atoms with E-state index in [0.717, 1.165) is 25.8 Å². The lowest BCUT2D eigenvalue weighted by Crippen LogP contribution is -2.41. The molecule has 1 aliphatic carbocycles. The van der Waals surface area contributed by atoms with Crippen LogP contribution in [-0.2, 0) is 16.6 Å². The van der Waals surface area contributed by atoms with Crippen molar-refractivity contribution in [2.75, 3.05) is 18.8 Å². The summed E-state index contributed by atoms with van der Waals surface area (Å²) < 4.78 is 27.0. The Bertz CT molecular complexity index is 602. The molecule has 0 radical (unpaired) electrons. The van der Waals surface area contributed by atoms with Crippen molar-refractivity contribution in [1.82, 2.24) is 9.62 Å². The van der Waals surface area contributed by atoms with Crippen LogP contribution in [0.4, 0.5) is 0 Å².